The van der Waals surface area contributed by atoms with Gasteiger partial charge in [-0.2, -0.15) is 0 Å². The number of likely N-dealkylation sites (N-methyl/N-ethyl adjacent to an activating group) is 1. The molecular formula is C13H19N3O2. The zero-order chi connectivity index (χ0) is 13.0. The number of nitrogens with zero attached hydrogens (tertiary/aromatic N) is 2. The molecule has 0 unspecified atom stereocenters. The van der Waals surface area contributed by atoms with Crippen LogP contribution in [0.2, 0.25) is 0 Å². The first-order valence-electron chi connectivity index (χ1n) is 6.16. The number of nitrogens with one attached hydrogen (secondary N) is 1. The first kappa shape index (κ1) is 13.0. The predicted molar refractivity (Wildman–Crippen MR) is 68.4 cm³/mol. The second-order valence-corrected chi connectivity index (χ2v) is 4.89. The lowest BCUT2D eigenvalue weighted by Crippen LogP contribution is -2.68. The average Bonchev–Trinajstić information content (AvgIpc) is 2.32. The van der Waals surface area contributed by atoms with Gasteiger partial charge in [0.15, 0.2) is 0 Å². The molecule has 5 heteroatoms. The summed E-state index contributed by atoms with van der Waals surface area (Å²) in [6, 6.07) is 5.87. The third kappa shape index (κ3) is 2.86. The van der Waals surface area contributed by atoms with E-state index in [-0.39, 0.29) is 12.0 Å². The van der Waals surface area contributed by atoms with Crippen LogP contribution in [0.1, 0.15) is 12.1 Å². The zero-order valence-electron chi connectivity index (χ0n) is 10.6. The Morgan fingerprint density at radius 1 is 1.56 bits per heavy atom. The highest BCUT2D eigenvalue weighted by Gasteiger charge is 2.42. The molecule has 0 radical (unpaired) electrons. The van der Waals surface area contributed by atoms with Gasteiger partial charge in [-0.25, -0.2) is 0 Å². The molecule has 98 valence electrons. The minimum atomic E-state index is -0.735. The van der Waals surface area contributed by atoms with Crippen LogP contribution in [-0.4, -0.2) is 53.2 Å². The van der Waals surface area contributed by atoms with E-state index in [9.17, 15) is 4.79 Å². The van der Waals surface area contributed by atoms with Crippen molar-refractivity contribution in [2.24, 2.45) is 0 Å². The molecule has 1 aromatic heterocycles. The van der Waals surface area contributed by atoms with Crippen LogP contribution in [0.4, 0.5) is 0 Å². The number of rotatable bonds is 6. The van der Waals surface area contributed by atoms with Crippen LogP contribution < -0.4 is 5.32 Å². The number of aliphatic carboxylic acids is 1. The van der Waals surface area contributed by atoms with Crippen LogP contribution in [0.3, 0.4) is 0 Å². The van der Waals surface area contributed by atoms with Crippen LogP contribution in [0.25, 0.3) is 0 Å². The lowest BCUT2D eigenvalue weighted by molar-refractivity contribution is -0.141. The molecule has 0 aliphatic carbocycles. The van der Waals surface area contributed by atoms with E-state index in [1.807, 2.05) is 25.2 Å². The molecule has 2 N–H and O–H groups in total. The summed E-state index contributed by atoms with van der Waals surface area (Å²) in [5.41, 5.74) is 0.822. The Kier molecular flexibility index (Phi) is 3.93. The maximum atomic E-state index is 10.9. The Morgan fingerprint density at radius 2 is 2.33 bits per heavy atom. The molecule has 0 aromatic carbocycles. The molecule has 1 aromatic rings. The lowest BCUT2D eigenvalue weighted by atomic mass is 9.86. The first-order valence-corrected chi connectivity index (χ1v) is 6.16. The highest BCUT2D eigenvalue weighted by atomic mass is 16.4. The smallest absolute Gasteiger partial charge is 0.305 e. The first-order chi connectivity index (χ1) is 8.62. The van der Waals surface area contributed by atoms with Crippen molar-refractivity contribution in [2.45, 2.75) is 18.4 Å². The van der Waals surface area contributed by atoms with Crippen LogP contribution in [0.15, 0.2) is 24.4 Å². The number of hydrogen-bond donors (Lipinski definition) is 2. The molecule has 0 amide bonds. The highest BCUT2D eigenvalue weighted by molar-refractivity contribution is 5.68. The molecule has 1 fully saturated rings. The predicted octanol–water partition coefficient (Wildman–Crippen LogP) is 0.373. The number of aromatic nitrogens is 1. The Hall–Kier alpha value is -1.46. The van der Waals surface area contributed by atoms with Gasteiger partial charge in [-0.15, -0.1) is 0 Å². The van der Waals surface area contributed by atoms with Crippen molar-refractivity contribution in [2.75, 3.05) is 26.7 Å². The molecular weight excluding hydrogens is 230 g/mol. The minimum absolute atomic E-state index is 0.193. The second kappa shape index (κ2) is 5.46. The van der Waals surface area contributed by atoms with Gasteiger partial charge >= 0.3 is 5.97 Å². The molecule has 18 heavy (non-hydrogen) atoms. The van der Waals surface area contributed by atoms with Crippen molar-refractivity contribution in [3.05, 3.63) is 30.1 Å². The third-order valence-corrected chi connectivity index (χ3v) is 3.63. The Morgan fingerprint density at radius 3 is 2.83 bits per heavy atom. The molecule has 5 nitrogen and oxygen atoms in total. The van der Waals surface area contributed by atoms with Crippen molar-refractivity contribution in [3.8, 4) is 0 Å². The van der Waals surface area contributed by atoms with Crippen molar-refractivity contribution < 1.29 is 9.90 Å². The van der Waals surface area contributed by atoms with Crippen LogP contribution in [0, 0.1) is 0 Å². The van der Waals surface area contributed by atoms with Gasteiger partial charge in [-0.3, -0.25) is 14.7 Å². The lowest BCUT2D eigenvalue weighted by Gasteiger charge is -2.48. The molecule has 0 spiro atoms. The summed E-state index contributed by atoms with van der Waals surface area (Å²) in [5.74, 6) is -0.735. The number of carboxylic acids is 1. The van der Waals surface area contributed by atoms with Crippen LogP contribution in [0.5, 0.6) is 0 Å². The van der Waals surface area contributed by atoms with Gasteiger partial charge in [-0.1, -0.05) is 6.07 Å². The fourth-order valence-corrected chi connectivity index (χ4v) is 2.29. The van der Waals surface area contributed by atoms with Gasteiger partial charge < -0.3 is 10.4 Å². The van der Waals surface area contributed by atoms with Crippen molar-refractivity contribution in [1.82, 2.24) is 15.2 Å². The fourth-order valence-electron chi connectivity index (χ4n) is 2.29. The summed E-state index contributed by atoms with van der Waals surface area (Å²) in [5, 5.41) is 12.1. The van der Waals surface area contributed by atoms with E-state index in [4.69, 9.17) is 5.11 Å². The van der Waals surface area contributed by atoms with Crippen LogP contribution in [-0.2, 0) is 11.2 Å². The SMILES string of the molecule is CN(CCc1ccccn1)C1(CC(=O)O)CNC1. The largest absolute Gasteiger partial charge is 0.481 e. The van der Waals surface area contributed by atoms with E-state index in [1.165, 1.54) is 0 Å². The molecule has 0 bridgehead atoms. The topological polar surface area (TPSA) is 65.5 Å². The second-order valence-electron chi connectivity index (χ2n) is 4.89. The maximum Gasteiger partial charge on any atom is 0.305 e. The Bertz CT molecular complexity index is 404. The van der Waals surface area contributed by atoms with Gasteiger partial charge in [0.2, 0.25) is 0 Å². The molecule has 2 heterocycles. The van der Waals surface area contributed by atoms with Gasteiger partial charge in [0.05, 0.1) is 12.0 Å². The normalized spacial score (nSPS) is 17.4. The standard InChI is InChI=1S/C13H19N3O2/c1-16(7-5-11-4-2-3-6-15-11)13(8-12(17)18)9-14-10-13/h2-4,6,14H,5,7-10H2,1H3,(H,17,18). The minimum Gasteiger partial charge on any atom is -0.481 e. The monoisotopic (exact) mass is 249 g/mol. The summed E-state index contributed by atoms with van der Waals surface area (Å²) < 4.78 is 0. The van der Waals surface area contributed by atoms with E-state index in [2.05, 4.69) is 15.2 Å². The highest BCUT2D eigenvalue weighted by Crippen LogP contribution is 2.23. The Labute approximate surface area is 107 Å². The fraction of sp³-hybridized carbons (Fsp3) is 0.538. The molecule has 1 aliphatic heterocycles. The Balaban J connectivity index is 1.90. The van der Waals surface area contributed by atoms with Gasteiger partial charge in [-0.05, 0) is 19.2 Å². The molecule has 1 saturated heterocycles. The molecule has 2 rings (SSSR count). The molecule has 0 atom stereocenters. The van der Waals surface area contributed by atoms with Crippen molar-refractivity contribution >= 4 is 5.97 Å². The molecule has 0 saturated carbocycles. The van der Waals surface area contributed by atoms with E-state index in [0.717, 1.165) is 31.7 Å². The number of hydrogen-bond acceptors (Lipinski definition) is 4. The number of carboxylic acid groups (broad SMARTS) is 1. The van der Waals surface area contributed by atoms with Crippen molar-refractivity contribution in [1.29, 1.82) is 0 Å². The average molecular weight is 249 g/mol. The number of carbonyl (C=O) groups is 1. The summed E-state index contributed by atoms with van der Waals surface area (Å²) >= 11 is 0. The summed E-state index contributed by atoms with van der Waals surface area (Å²) in [4.78, 5) is 17.3. The van der Waals surface area contributed by atoms with E-state index in [0.29, 0.717) is 0 Å². The van der Waals surface area contributed by atoms with Crippen molar-refractivity contribution in [3.63, 3.8) is 0 Å². The quantitative estimate of drug-likeness (QED) is 0.762. The summed E-state index contributed by atoms with van der Waals surface area (Å²) in [6.45, 7) is 2.32. The maximum absolute atomic E-state index is 10.9. The van der Waals surface area contributed by atoms with E-state index in [1.54, 1.807) is 6.20 Å². The van der Waals surface area contributed by atoms with E-state index >= 15 is 0 Å². The van der Waals surface area contributed by atoms with E-state index < -0.39 is 5.97 Å². The third-order valence-electron chi connectivity index (χ3n) is 3.63. The molecule has 1 aliphatic rings. The van der Waals surface area contributed by atoms with Gasteiger partial charge in [0.1, 0.15) is 0 Å². The summed E-state index contributed by atoms with van der Waals surface area (Å²) in [6.07, 6.45) is 2.82. The number of pyridine rings is 1. The van der Waals surface area contributed by atoms with Gasteiger partial charge in [0, 0.05) is 37.9 Å². The zero-order valence-corrected chi connectivity index (χ0v) is 10.6. The van der Waals surface area contributed by atoms with Crippen LogP contribution >= 0.6 is 0 Å². The van der Waals surface area contributed by atoms with Gasteiger partial charge in [0.25, 0.3) is 0 Å². The summed E-state index contributed by atoms with van der Waals surface area (Å²) in [7, 11) is 1.99.